The Balaban J connectivity index is 1.42. The van der Waals surface area contributed by atoms with Crippen LogP contribution in [0, 0.1) is 12.8 Å². The molecule has 0 radical (unpaired) electrons. The normalized spacial score (nSPS) is 17.4. The molecule has 0 bridgehead atoms. The average Bonchev–Trinajstić information content (AvgIpc) is 2.78. The van der Waals surface area contributed by atoms with Crippen LogP contribution in [0.15, 0.2) is 46.2 Å². The molecule has 0 spiro atoms. The van der Waals surface area contributed by atoms with Gasteiger partial charge in [0.15, 0.2) is 0 Å². The summed E-state index contributed by atoms with van der Waals surface area (Å²) in [7, 11) is -2.17. The van der Waals surface area contributed by atoms with Gasteiger partial charge in [-0.2, -0.15) is 4.31 Å². The lowest BCUT2D eigenvalue weighted by Crippen LogP contribution is -2.41. The third kappa shape index (κ3) is 4.62. The molecular weight excluding hydrogens is 450 g/mol. The molecule has 2 N–H and O–H groups in total. The number of aryl methyl sites for hydroxylation is 1. The number of piperidine rings is 1. The van der Waals surface area contributed by atoms with E-state index in [0.717, 1.165) is 10.5 Å². The SMILES string of the molecule is COc1ccc(C)cc1NC(=O)C1CCN(S(=O)(=O)c2ccc3c(c2)NC(=O)CS3)CC1. The molecule has 1 fully saturated rings. The molecule has 2 aliphatic rings. The number of ether oxygens (including phenoxy) is 1. The monoisotopic (exact) mass is 475 g/mol. The quantitative estimate of drug-likeness (QED) is 0.689. The zero-order valence-electron chi connectivity index (χ0n) is 17.9. The second kappa shape index (κ2) is 9.13. The molecule has 2 aliphatic heterocycles. The van der Waals surface area contributed by atoms with Crippen molar-refractivity contribution in [2.24, 2.45) is 5.92 Å². The van der Waals surface area contributed by atoms with Crippen LogP contribution in [-0.4, -0.2) is 50.5 Å². The van der Waals surface area contributed by atoms with Crippen LogP contribution in [0.5, 0.6) is 5.75 Å². The number of fused-ring (bicyclic) bond motifs is 1. The fourth-order valence-electron chi connectivity index (χ4n) is 3.88. The highest BCUT2D eigenvalue weighted by molar-refractivity contribution is 8.00. The van der Waals surface area contributed by atoms with Gasteiger partial charge >= 0.3 is 0 Å². The van der Waals surface area contributed by atoms with Gasteiger partial charge in [-0.15, -0.1) is 11.8 Å². The molecule has 2 aromatic carbocycles. The number of anilines is 2. The molecule has 2 amide bonds. The van der Waals surface area contributed by atoms with Crippen LogP contribution in [0.25, 0.3) is 0 Å². The van der Waals surface area contributed by atoms with Gasteiger partial charge in [-0.25, -0.2) is 8.42 Å². The van der Waals surface area contributed by atoms with E-state index in [0.29, 0.717) is 35.7 Å². The first-order valence-electron chi connectivity index (χ1n) is 10.3. The molecule has 4 rings (SSSR count). The summed E-state index contributed by atoms with van der Waals surface area (Å²) in [4.78, 5) is 25.4. The Morgan fingerprint density at radius 3 is 2.66 bits per heavy atom. The summed E-state index contributed by atoms with van der Waals surface area (Å²) in [6.45, 7) is 2.44. The molecule has 2 heterocycles. The lowest BCUT2D eigenvalue weighted by atomic mass is 9.97. The van der Waals surface area contributed by atoms with Crippen molar-refractivity contribution in [2.45, 2.75) is 29.6 Å². The van der Waals surface area contributed by atoms with Crippen molar-refractivity contribution in [1.82, 2.24) is 4.31 Å². The van der Waals surface area contributed by atoms with Crippen LogP contribution in [0.3, 0.4) is 0 Å². The van der Waals surface area contributed by atoms with E-state index in [4.69, 9.17) is 4.74 Å². The van der Waals surface area contributed by atoms with Gasteiger partial charge in [0, 0.05) is 23.9 Å². The lowest BCUT2D eigenvalue weighted by Gasteiger charge is -2.31. The molecular formula is C22H25N3O5S2. The van der Waals surface area contributed by atoms with Crippen LogP contribution in [0.1, 0.15) is 18.4 Å². The highest BCUT2D eigenvalue weighted by Crippen LogP contribution is 2.35. The summed E-state index contributed by atoms with van der Waals surface area (Å²) < 4.78 is 33.0. The topological polar surface area (TPSA) is 105 Å². The highest BCUT2D eigenvalue weighted by Gasteiger charge is 2.33. The van der Waals surface area contributed by atoms with E-state index in [1.165, 1.54) is 22.1 Å². The largest absolute Gasteiger partial charge is 0.495 e. The second-order valence-electron chi connectivity index (χ2n) is 7.87. The summed E-state index contributed by atoms with van der Waals surface area (Å²) in [5, 5.41) is 5.65. The van der Waals surface area contributed by atoms with Crippen molar-refractivity contribution >= 4 is 45.0 Å². The molecule has 0 atom stereocenters. The number of carbonyl (C=O) groups is 2. The van der Waals surface area contributed by atoms with Gasteiger partial charge in [-0.3, -0.25) is 9.59 Å². The van der Waals surface area contributed by atoms with Crippen molar-refractivity contribution in [3.8, 4) is 5.75 Å². The Morgan fingerprint density at radius 2 is 1.94 bits per heavy atom. The number of hydrogen-bond acceptors (Lipinski definition) is 6. The minimum Gasteiger partial charge on any atom is -0.495 e. The summed E-state index contributed by atoms with van der Waals surface area (Å²) >= 11 is 1.39. The van der Waals surface area contributed by atoms with E-state index in [9.17, 15) is 18.0 Å². The van der Waals surface area contributed by atoms with Gasteiger partial charge in [0.1, 0.15) is 5.75 Å². The molecule has 32 heavy (non-hydrogen) atoms. The Bertz CT molecular complexity index is 1160. The molecule has 8 nitrogen and oxygen atoms in total. The first-order valence-corrected chi connectivity index (χ1v) is 12.7. The summed E-state index contributed by atoms with van der Waals surface area (Å²) in [6.07, 6.45) is 0.855. The predicted molar refractivity (Wildman–Crippen MR) is 124 cm³/mol. The third-order valence-corrected chi connectivity index (χ3v) is 8.63. The van der Waals surface area contributed by atoms with E-state index < -0.39 is 10.0 Å². The molecule has 0 saturated carbocycles. The maximum Gasteiger partial charge on any atom is 0.243 e. The van der Waals surface area contributed by atoms with Crippen LogP contribution in [0.2, 0.25) is 0 Å². The van der Waals surface area contributed by atoms with E-state index in [-0.39, 0.29) is 35.7 Å². The summed E-state index contributed by atoms with van der Waals surface area (Å²) in [6, 6.07) is 10.4. The Morgan fingerprint density at radius 1 is 1.19 bits per heavy atom. The zero-order valence-corrected chi connectivity index (χ0v) is 19.5. The molecule has 0 aliphatic carbocycles. The van der Waals surface area contributed by atoms with Crippen molar-refractivity contribution in [3.05, 3.63) is 42.0 Å². The van der Waals surface area contributed by atoms with Gasteiger partial charge in [-0.05, 0) is 55.7 Å². The van der Waals surface area contributed by atoms with Gasteiger partial charge in [0.25, 0.3) is 0 Å². The molecule has 10 heteroatoms. The minimum atomic E-state index is -3.72. The first kappa shape index (κ1) is 22.6. The number of rotatable bonds is 5. The lowest BCUT2D eigenvalue weighted by molar-refractivity contribution is -0.121. The number of nitrogens with zero attached hydrogens (tertiary/aromatic N) is 1. The number of hydrogen-bond donors (Lipinski definition) is 2. The van der Waals surface area contributed by atoms with Crippen LogP contribution < -0.4 is 15.4 Å². The molecule has 170 valence electrons. The van der Waals surface area contributed by atoms with Crippen molar-refractivity contribution in [2.75, 3.05) is 36.6 Å². The number of methoxy groups -OCH3 is 1. The maximum absolute atomic E-state index is 13.1. The number of sulfonamides is 1. The van der Waals surface area contributed by atoms with Crippen molar-refractivity contribution in [3.63, 3.8) is 0 Å². The molecule has 0 unspecified atom stereocenters. The summed E-state index contributed by atoms with van der Waals surface area (Å²) in [5.41, 5.74) is 2.14. The Kier molecular flexibility index (Phi) is 6.45. The highest BCUT2D eigenvalue weighted by atomic mass is 32.2. The van der Waals surface area contributed by atoms with E-state index in [1.54, 1.807) is 25.3 Å². The predicted octanol–water partition coefficient (Wildman–Crippen LogP) is 3.09. The van der Waals surface area contributed by atoms with Gasteiger partial charge in [0.2, 0.25) is 21.8 Å². The summed E-state index contributed by atoms with van der Waals surface area (Å²) in [5.74, 6) is 0.337. The number of carbonyl (C=O) groups excluding carboxylic acids is 2. The van der Waals surface area contributed by atoms with Gasteiger partial charge in [0.05, 0.1) is 29.1 Å². The number of nitrogens with one attached hydrogen (secondary N) is 2. The third-order valence-electron chi connectivity index (χ3n) is 5.66. The fraction of sp³-hybridized carbons (Fsp3) is 0.364. The molecule has 1 saturated heterocycles. The van der Waals surface area contributed by atoms with Crippen LogP contribution >= 0.6 is 11.8 Å². The maximum atomic E-state index is 13.1. The zero-order chi connectivity index (χ0) is 22.9. The van der Waals surface area contributed by atoms with Crippen LogP contribution in [0.4, 0.5) is 11.4 Å². The van der Waals surface area contributed by atoms with E-state index >= 15 is 0 Å². The van der Waals surface area contributed by atoms with E-state index in [2.05, 4.69) is 10.6 Å². The number of amides is 2. The Hall–Kier alpha value is -2.56. The Labute approximate surface area is 191 Å². The first-order chi connectivity index (χ1) is 15.3. The standard InChI is InChI=1S/C22H25N3O5S2/c1-14-3-5-19(30-2)17(11-14)24-22(27)15-7-9-25(10-8-15)32(28,29)16-4-6-20-18(12-16)23-21(26)13-31-20/h3-6,11-12,15H,7-10,13H2,1-2H3,(H,23,26)(H,24,27). The van der Waals surface area contributed by atoms with Crippen molar-refractivity contribution in [1.29, 1.82) is 0 Å². The number of benzene rings is 2. The van der Waals surface area contributed by atoms with Crippen LogP contribution in [-0.2, 0) is 19.6 Å². The van der Waals surface area contributed by atoms with Gasteiger partial charge < -0.3 is 15.4 Å². The molecule has 2 aromatic rings. The minimum absolute atomic E-state index is 0.139. The smallest absolute Gasteiger partial charge is 0.243 e. The van der Waals surface area contributed by atoms with Gasteiger partial charge in [-0.1, -0.05) is 6.07 Å². The average molecular weight is 476 g/mol. The van der Waals surface area contributed by atoms with Crippen molar-refractivity contribution < 1.29 is 22.7 Å². The fourth-order valence-corrected chi connectivity index (χ4v) is 6.17. The second-order valence-corrected chi connectivity index (χ2v) is 10.8. The number of thioether (sulfide) groups is 1. The molecule has 0 aromatic heterocycles. The van der Waals surface area contributed by atoms with E-state index in [1.807, 2.05) is 19.1 Å².